The van der Waals surface area contributed by atoms with Crippen LogP contribution in [0, 0.1) is 5.41 Å². The van der Waals surface area contributed by atoms with Crippen LogP contribution in [0.5, 0.6) is 0 Å². The summed E-state index contributed by atoms with van der Waals surface area (Å²) in [5.74, 6) is -0.307. The van der Waals surface area contributed by atoms with Gasteiger partial charge < -0.3 is 14.6 Å². The van der Waals surface area contributed by atoms with Crippen molar-refractivity contribution < 1.29 is 19.4 Å². The minimum atomic E-state index is -0.811. The molecule has 1 N–H and O–H groups in total. The average Bonchev–Trinajstić information content (AvgIpc) is 2.55. The molecule has 1 fully saturated rings. The number of carbonyl (C=O) groups excluding carboxylic acids is 1. The number of hydrogen-bond donors (Lipinski definition) is 1. The molecule has 0 saturated heterocycles. The Balaban J connectivity index is 1.92. The number of aliphatic hydroxyl groups excluding tert-OH is 1. The molecule has 4 heteroatoms. The van der Waals surface area contributed by atoms with Crippen LogP contribution in [0.15, 0.2) is 30.3 Å². The molecule has 2 rings (SSSR count). The second kappa shape index (κ2) is 7.57. The van der Waals surface area contributed by atoms with Gasteiger partial charge in [-0.05, 0) is 18.4 Å². The molecule has 1 aromatic carbocycles. The third-order valence-electron chi connectivity index (χ3n) is 4.36. The molecule has 1 aliphatic carbocycles. The minimum Gasteiger partial charge on any atom is -0.469 e. The van der Waals surface area contributed by atoms with E-state index >= 15 is 0 Å². The lowest BCUT2D eigenvalue weighted by molar-refractivity contribution is -0.167. The minimum absolute atomic E-state index is 0.157. The normalized spacial score (nSPS) is 19.0. The van der Waals surface area contributed by atoms with Gasteiger partial charge in [-0.2, -0.15) is 0 Å². The molecule has 0 bridgehead atoms. The van der Waals surface area contributed by atoms with Crippen molar-refractivity contribution in [1.29, 1.82) is 0 Å². The molecule has 0 aliphatic heterocycles. The van der Waals surface area contributed by atoms with Gasteiger partial charge in [-0.3, -0.25) is 4.79 Å². The van der Waals surface area contributed by atoms with Crippen LogP contribution >= 0.6 is 0 Å². The lowest BCUT2D eigenvalue weighted by Gasteiger charge is -2.38. The number of carbonyl (C=O) groups is 1. The Morgan fingerprint density at radius 2 is 1.90 bits per heavy atom. The Labute approximate surface area is 126 Å². The molecule has 1 atom stereocenters. The standard InChI is InChI=1S/C17H24O4/c1-20-16(19)17(10-6-3-7-11-17)15(18)13-21-12-14-8-4-2-5-9-14/h2,4-5,8-9,15,18H,3,6-7,10-13H2,1H3. The number of ether oxygens (including phenoxy) is 2. The van der Waals surface area contributed by atoms with E-state index < -0.39 is 11.5 Å². The second-order valence-corrected chi connectivity index (χ2v) is 5.72. The molecule has 116 valence electrons. The summed E-state index contributed by atoms with van der Waals surface area (Å²) in [6.07, 6.45) is 3.55. The number of hydrogen-bond acceptors (Lipinski definition) is 4. The highest BCUT2D eigenvalue weighted by molar-refractivity contribution is 5.77. The summed E-state index contributed by atoms with van der Waals surface area (Å²) in [5, 5.41) is 10.5. The van der Waals surface area contributed by atoms with Gasteiger partial charge in [0.1, 0.15) is 0 Å². The first kappa shape index (κ1) is 16.0. The van der Waals surface area contributed by atoms with Gasteiger partial charge in [0.05, 0.1) is 31.8 Å². The van der Waals surface area contributed by atoms with Crippen molar-refractivity contribution in [1.82, 2.24) is 0 Å². The van der Waals surface area contributed by atoms with Gasteiger partial charge in [-0.1, -0.05) is 49.6 Å². The SMILES string of the molecule is COC(=O)C1(C(O)COCc2ccccc2)CCCCC1. The van der Waals surface area contributed by atoms with E-state index in [-0.39, 0.29) is 12.6 Å². The molecule has 0 radical (unpaired) electrons. The molecule has 1 unspecified atom stereocenters. The van der Waals surface area contributed by atoms with E-state index in [0.717, 1.165) is 24.8 Å². The third kappa shape index (κ3) is 3.83. The van der Waals surface area contributed by atoms with Gasteiger partial charge in [0.15, 0.2) is 0 Å². The van der Waals surface area contributed by atoms with Crippen LogP contribution in [0.2, 0.25) is 0 Å². The Hall–Kier alpha value is -1.39. The largest absolute Gasteiger partial charge is 0.469 e. The monoisotopic (exact) mass is 292 g/mol. The highest BCUT2D eigenvalue weighted by atomic mass is 16.5. The summed E-state index contributed by atoms with van der Waals surface area (Å²) in [6, 6.07) is 9.80. The molecule has 0 amide bonds. The second-order valence-electron chi connectivity index (χ2n) is 5.72. The molecule has 1 saturated carbocycles. The molecule has 1 aliphatic rings. The van der Waals surface area contributed by atoms with Crippen molar-refractivity contribution >= 4 is 5.97 Å². The average molecular weight is 292 g/mol. The van der Waals surface area contributed by atoms with Crippen LogP contribution in [-0.4, -0.2) is 30.9 Å². The van der Waals surface area contributed by atoms with E-state index in [1.807, 2.05) is 30.3 Å². The van der Waals surface area contributed by atoms with Crippen LogP contribution in [0.25, 0.3) is 0 Å². The molecule has 4 nitrogen and oxygen atoms in total. The lowest BCUT2D eigenvalue weighted by Crippen LogP contribution is -2.47. The number of esters is 1. The number of aliphatic hydroxyl groups is 1. The van der Waals surface area contributed by atoms with Crippen LogP contribution in [0.1, 0.15) is 37.7 Å². The Bertz CT molecular complexity index is 437. The van der Waals surface area contributed by atoms with Gasteiger partial charge >= 0.3 is 5.97 Å². The van der Waals surface area contributed by atoms with Crippen molar-refractivity contribution in [3.63, 3.8) is 0 Å². The fourth-order valence-corrected chi connectivity index (χ4v) is 3.08. The molecule has 1 aromatic rings. The number of methoxy groups -OCH3 is 1. The summed E-state index contributed by atoms with van der Waals surface area (Å²) < 4.78 is 10.5. The van der Waals surface area contributed by atoms with Gasteiger partial charge in [0.2, 0.25) is 0 Å². The van der Waals surface area contributed by atoms with Crippen LogP contribution in [0.3, 0.4) is 0 Å². The topological polar surface area (TPSA) is 55.8 Å². The molecule has 0 heterocycles. The Morgan fingerprint density at radius 3 is 2.52 bits per heavy atom. The molecule has 21 heavy (non-hydrogen) atoms. The quantitative estimate of drug-likeness (QED) is 0.819. The lowest BCUT2D eigenvalue weighted by atomic mass is 9.70. The predicted molar refractivity (Wildman–Crippen MR) is 79.6 cm³/mol. The highest BCUT2D eigenvalue weighted by Crippen LogP contribution is 2.40. The van der Waals surface area contributed by atoms with Crippen molar-refractivity contribution in [3.8, 4) is 0 Å². The Morgan fingerprint density at radius 1 is 1.24 bits per heavy atom. The maximum absolute atomic E-state index is 12.1. The van der Waals surface area contributed by atoms with Gasteiger partial charge in [-0.25, -0.2) is 0 Å². The number of rotatable bonds is 6. The zero-order valence-electron chi connectivity index (χ0n) is 12.6. The van der Waals surface area contributed by atoms with Gasteiger partial charge in [-0.15, -0.1) is 0 Å². The maximum Gasteiger partial charge on any atom is 0.314 e. The fraction of sp³-hybridized carbons (Fsp3) is 0.588. The summed E-state index contributed by atoms with van der Waals surface area (Å²) >= 11 is 0. The first-order valence-corrected chi connectivity index (χ1v) is 7.57. The molecule has 0 aromatic heterocycles. The molecular weight excluding hydrogens is 268 g/mol. The van der Waals surface area contributed by atoms with Crippen LogP contribution in [0.4, 0.5) is 0 Å². The third-order valence-corrected chi connectivity index (χ3v) is 4.36. The first-order chi connectivity index (χ1) is 10.2. The van der Waals surface area contributed by atoms with Crippen molar-refractivity contribution in [2.24, 2.45) is 5.41 Å². The van der Waals surface area contributed by atoms with Crippen LogP contribution in [-0.2, 0) is 20.9 Å². The van der Waals surface area contributed by atoms with E-state index in [2.05, 4.69) is 0 Å². The summed E-state index contributed by atoms with van der Waals surface area (Å²) in [7, 11) is 1.39. The zero-order chi connectivity index (χ0) is 15.1. The van der Waals surface area contributed by atoms with Crippen LogP contribution < -0.4 is 0 Å². The van der Waals surface area contributed by atoms with E-state index in [4.69, 9.17) is 9.47 Å². The van der Waals surface area contributed by atoms with Gasteiger partial charge in [0.25, 0.3) is 0 Å². The van der Waals surface area contributed by atoms with E-state index in [0.29, 0.717) is 19.4 Å². The van der Waals surface area contributed by atoms with E-state index in [1.165, 1.54) is 7.11 Å². The van der Waals surface area contributed by atoms with Gasteiger partial charge in [0, 0.05) is 0 Å². The predicted octanol–water partition coefficient (Wildman–Crippen LogP) is 2.69. The van der Waals surface area contributed by atoms with Crippen molar-refractivity contribution in [2.45, 2.75) is 44.8 Å². The summed E-state index contributed by atoms with van der Waals surface area (Å²) in [4.78, 5) is 12.1. The number of benzene rings is 1. The molecular formula is C17H24O4. The zero-order valence-corrected chi connectivity index (χ0v) is 12.6. The maximum atomic E-state index is 12.1. The van der Waals surface area contributed by atoms with E-state index in [9.17, 15) is 9.90 Å². The molecule has 0 spiro atoms. The summed E-state index contributed by atoms with van der Waals surface area (Å²) in [5.41, 5.74) is 0.268. The fourth-order valence-electron chi connectivity index (χ4n) is 3.08. The highest BCUT2D eigenvalue weighted by Gasteiger charge is 2.46. The van der Waals surface area contributed by atoms with Crippen molar-refractivity contribution in [3.05, 3.63) is 35.9 Å². The Kier molecular flexibility index (Phi) is 5.76. The van der Waals surface area contributed by atoms with Crippen molar-refractivity contribution in [2.75, 3.05) is 13.7 Å². The van der Waals surface area contributed by atoms with E-state index in [1.54, 1.807) is 0 Å². The summed E-state index contributed by atoms with van der Waals surface area (Å²) in [6.45, 7) is 0.596. The smallest absolute Gasteiger partial charge is 0.314 e. The first-order valence-electron chi connectivity index (χ1n) is 7.57.